The molecule has 0 fully saturated rings. The van der Waals surface area contributed by atoms with Crippen molar-refractivity contribution >= 4 is 11.7 Å². The zero-order chi connectivity index (χ0) is 10.4. The summed E-state index contributed by atoms with van der Waals surface area (Å²) in [5, 5.41) is 2.82. The van der Waals surface area contributed by atoms with Crippen LogP contribution in [0.4, 0.5) is 10.1 Å². The number of carbonyl (C=O) groups excluding carboxylic acids is 1. The first kappa shape index (κ1) is 10.5. The minimum Gasteiger partial charge on any atom is -0.464 e. The summed E-state index contributed by atoms with van der Waals surface area (Å²) in [5.41, 5.74) is 0.416. The number of benzene rings is 1. The second kappa shape index (κ2) is 5.21. The molecule has 4 heteroatoms. The van der Waals surface area contributed by atoms with Crippen molar-refractivity contribution in [1.29, 1.82) is 0 Å². The van der Waals surface area contributed by atoms with Crippen molar-refractivity contribution in [2.24, 2.45) is 0 Å². The van der Waals surface area contributed by atoms with E-state index in [0.29, 0.717) is 12.2 Å². The fourth-order valence-electron chi connectivity index (χ4n) is 0.985. The first-order chi connectivity index (χ1) is 6.70. The van der Waals surface area contributed by atoms with E-state index in [4.69, 9.17) is 0 Å². The van der Waals surface area contributed by atoms with Gasteiger partial charge in [-0.25, -0.2) is 4.39 Å². The molecule has 0 aliphatic heterocycles. The highest BCUT2D eigenvalue weighted by Crippen LogP contribution is 2.11. The van der Waals surface area contributed by atoms with Crippen LogP contribution in [0, 0.1) is 5.82 Å². The van der Waals surface area contributed by atoms with E-state index in [1.54, 1.807) is 18.2 Å². The second-order valence-corrected chi connectivity index (χ2v) is 2.75. The molecule has 0 saturated carbocycles. The number of esters is 1. The molecule has 0 heterocycles. The Morgan fingerprint density at radius 2 is 2.21 bits per heavy atom. The predicted molar refractivity (Wildman–Crippen MR) is 51.5 cm³/mol. The largest absolute Gasteiger partial charge is 0.464 e. The number of anilines is 1. The molecular weight excluding hydrogens is 185 g/mol. The molecule has 0 amide bonds. The number of hydrogen-bond acceptors (Lipinski definition) is 3. The lowest BCUT2D eigenvalue weighted by Crippen LogP contribution is -2.12. The summed E-state index contributed by atoms with van der Waals surface area (Å²) in [7, 11) is 0. The van der Waals surface area contributed by atoms with Crippen LogP contribution < -0.4 is 5.32 Å². The molecule has 0 aromatic heterocycles. The van der Waals surface area contributed by atoms with E-state index in [1.807, 2.05) is 0 Å². The minimum absolute atomic E-state index is 0.240. The Balaban J connectivity index is 2.31. The van der Waals surface area contributed by atoms with E-state index in [9.17, 15) is 9.18 Å². The van der Waals surface area contributed by atoms with Gasteiger partial charge in [0, 0.05) is 13.5 Å². The molecule has 1 aromatic rings. The lowest BCUT2D eigenvalue weighted by Gasteiger charge is -2.06. The van der Waals surface area contributed by atoms with Gasteiger partial charge in [0.2, 0.25) is 0 Å². The highest BCUT2D eigenvalue weighted by atomic mass is 19.1. The van der Waals surface area contributed by atoms with Gasteiger partial charge < -0.3 is 10.1 Å². The van der Waals surface area contributed by atoms with E-state index >= 15 is 0 Å². The Bertz CT molecular complexity index is 315. The fraction of sp³-hybridized carbons (Fsp3) is 0.300. The van der Waals surface area contributed by atoms with Gasteiger partial charge in [0.05, 0.1) is 5.69 Å². The number of nitrogens with one attached hydrogen (secondary N) is 1. The Morgan fingerprint density at radius 1 is 1.50 bits per heavy atom. The van der Waals surface area contributed by atoms with E-state index in [2.05, 4.69) is 10.1 Å². The van der Waals surface area contributed by atoms with Crippen LogP contribution in [0.25, 0.3) is 0 Å². The maximum Gasteiger partial charge on any atom is 0.302 e. The lowest BCUT2D eigenvalue weighted by atomic mass is 10.3. The van der Waals surface area contributed by atoms with Gasteiger partial charge in [-0.05, 0) is 12.1 Å². The molecule has 1 N–H and O–H groups in total. The van der Waals surface area contributed by atoms with Crippen molar-refractivity contribution in [3.05, 3.63) is 30.1 Å². The van der Waals surface area contributed by atoms with Crippen molar-refractivity contribution in [2.45, 2.75) is 6.92 Å². The molecule has 0 radical (unpaired) electrons. The summed E-state index contributed by atoms with van der Waals surface area (Å²) in [5.74, 6) is -0.643. The van der Waals surface area contributed by atoms with Gasteiger partial charge in [-0.1, -0.05) is 12.1 Å². The van der Waals surface area contributed by atoms with Gasteiger partial charge in [0.15, 0.2) is 0 Å². The second-order valence-electron chi connectivity index (χ2n) is 2.75. The van der Waals surface area contributed by atoms with Crippen LogP contribution in [0.5, 0.6) is 0 Å². The van der Waals surface area contributed by atoms with Crippen molar-refractivity contribution < 1.29 is 13.9 Å². The van der Waals surface area contributed by atoms with E-state index in [1.165, 1.54) is 13.0 Å². The monoisotopic (exact) mass is 197 g/mol. The third kappa shape index (κ3) is 3.43. The molecule has 14 heavy (non-hydrogen) atoms. The fourth-order valence-corrected chi connectivity index (χ4v) is 0.985. The molecule has 1 aromatic carbocycles. The summed E-state index contributed by atoms with van der Waals surface area (Å²) < 4.78 is 17.7. The maximum atomic E-state index is 13.0. The standard InChI is InChI=1S/C10H12FNO2/c1-8(13)14-7-6-12-10-5-3-2-4-9(10)11/h2-5,12H,6-7H2,1H3. The van der Waals surface area contributed by atoms with Crippen LogP contribution in [0.15, 0.2) is 24.3 Å². The number of carbonyl (C=O) groups is 1. The van der Waals surface area contributed by atoms with Crippen molar-refractivity contribution in [1.82, 2.24) is 0 Å². The zero-order valence-corrected chi connectivity index (χ0v) is 7.92. The summed E-state index contributed by atoms with van der Waals surface area (Å²) in [6.07, 6.45) is 0. The lowest BCUT2D eigenvalue weighted by molar-refractivity contribution is -0.140. The SMILES string of the molecule is CC(=O)OCCNc1ccccc1F. The number of para-hydroxylation sites is 1. The maximum absolute atomic E-state index is 13.0. The Morgan fingerprint density at radius 3 is 2.86 bits per heavy atom. The van der Waals surface area contributed by atoms with Gasteiger partial charge >= 0.3 is 5.97 Å². The van der Waals surface area contributed by atoms with Crippen molar-refractivity contribution in [3.63, 3.8) is 0 Å². The summed E-state index contributed by atoms with van der Waals surface area (Å²) in [6.45, 7) is 1.98. The van der Waals surface area contributed by atoms with Crippen molar-refractivity contribution in [3.8, 4) is 0 Å². The van der Waals surface area contributed by atoms with Gasteiger partial charge in [-0.2, -0.15) is 0 Å². The van der Waals surface area contributed by atoms with Crippen LogP contribution in [-0.2, 0) is 9.53 Å². The molecule has 3 nitrogen and oxygen atoms in total. The van der Waals surface area contributed by atoms with E-state index < -0.39 is 0 Å². The third-order valence-electron chi connectivity index (χ3n) is 1.60. The molecule has 76 valence electrons. The van der Waals surface area contributed by atoms with Crippen LogP contribution in [0.1, 0.15) is 6.92 Å². The minimum atomic E-state index is -0.333. The Labute approximate surface area is 81.9 Å². The predicted octanol–water partition coefficient (Wildman–Crippen LogP) is 1.80. The van der Waals surface area contributed by atoms with Crippen molar-refractivity contribution in [2.75, 3.05) is 18.5 Å². The summed E-state index contributed by atoms with van der Waals surface area (Å²) in [4.78, 5) is 10.4. The number of halogens is 1. The molecule has 0 aliphatic carbocycles. The topological polar surface area (TPSA) is 38.3 Å². The molecule has 0 saturated heterocycles. The molecule has 1 rings (SSSR count). The molecular formula is C10H12FNO2. The summed E-state index contributed by atoms with van der Waals surface area (Å²) >= 11 is 0. The number of ether oxygens (including phenoxy) is 1. The zero-order valence-electron chi connectivity index (χ0n) is 7.92. The molecule has 0 unspecified atom stereocenters. The van der Waals surface area contributed by atoms with Gasteiger partial charge in [0.25, 0.3) is 0 Å². The van der Waals surface area contributed by atoms with Crippen LogP contribution in [0.2, 0.25) is 0 Å². The normalized spacial score (nSPS) is 9.57. The highest BCUT2D eigenvalue weighted by molar-refractivity contribution is 5.65. The van der Waals surface area contributed by atoms with Gasteiger partial charge in [0.1, 0.15) is 12.4 Å². The molecule has 0 aliphatic rings. The van der Waals surface area contributed by atoms with E-state index in [0.717, 1.165) is 0 Å². The average molecular weight is 197 g/mol. The highest BCUT2D eigenvalue weighted by Gasteiger charge is 1.98. The smallest absolute Gasteiger partial charge is 0.302 e. The first-order valence-corrected chi connectivity index (χ1v) is 4.32. The van der Waals surface area contributed by atoms with E-state index in [-0.39, 0.29) is 18.4 Å². The van der Waals surface area contributed by atoms with Gasteiger partial charge in [-0.3, -0.25) is 4.79 Å². The van der Waals surface area contributed by atoms with Gasteiger partial charge in [-0.15, -0.1) is 0 Å². The first-order valence-electron chi connectivity index (χ1n) is 4.32. The summed E-state index contributed by atoms with van der Waals surface area (Å²) in [6, 6.07) is 6.35. The molecule has 0 atom stereocenters. The number of rotatable bonds is 4. The quantitative estimate of drug-likeness (QED) is 0.590. The van der Waals surface area contributed by atoms with Crippen LogP contribution >= 0.6 is 0 Å². The Hall–Kier alpha value is -1.58. The number of hydrogen-bond donors (Lipinski definition) is 1. The Kier molecular flexibility index (Phi) is 3.91. The molecule has 0 spiro atoms. The molecule has 0 bridgehead atoms. The van der Waals surface area contributed by atoms with Crippen LogP contribution in [-0.4, -0.2) is 19.1 Å². The third-order valence-corrected chi connectivity index (χ3v) is 1.60. The average Bonchev–Trinajstić information content (AvgIpc) is 2.15. The van der Waals surface area contributed by atoms with Crippen LogP contribution in [0.3, 0.4) is 0 Å².